The van der Waals surface area contributed by atoms with Crippen LogP contribution in [0.25, 0.3) is 0 Å². The number of benzene rings is 1. The summed E-state index contributed by atoms with van der Waals surface area (Å²) in [4.78, 5) is 36.4. The Kier molecular flexibility index (Phi) is 6.56. The lowest BCUT2D eigenvalue weighted by molar-refractivity contribution is 0.0382. The van der Waals surface area contributed by atoms with Gasteiger partial charge in [0.15, 0.2) is 0 Å². The molecule has 3 amide bonds. The first-order chi connectivity index (χ1) is 10.7. The van der Waals surface area contributed by atoms with Crippen LogP contribution >= 0.6 is 0 Å². The van der Waals surface area contributed by atoms with Crippen molar-refractivity contribution in [2.45, 2.75) is 46.8 Å². The highest BCUT2D eigenvalue weighted by Crippen LogP contribution is 2.11. The fourth-order valence-electron chi connectivity index (χ4n) is 1.70. The van der Waals surface area contributed by atoms with Crippen LogP contribution in [0.2, 0.25) is 0 Å². The van der Waals surface area contributed by atoms with Crippen molar-refractivity contribution in [2.24, 2.45) is 0 Å². The van der Waals surface area contributed by atoms with Crippen LogP contribution in [0.4, 0.5) is 9.59 Å². The number of imide groups is 1. The molecule has 0 radical (unpaired) electrons. The van der Waals surface area contributed by atoms with Crippen molar-refractivity contribution < 1.29 is 23.9 Å². The summed E-state index contributed by atoms with van der Waals surface area (Å²) < 4.78 is 9.90. The van der Waals surface area contributed by atoms with E-state index in [0.29, 0.717) is 10.6 Å². The number of hydrazine groups is 1. The minimum absolute atomic E-state index is 0.276. The Labute approximate surface area is 135 Å². The SMILES string of the molecule is Cc1ccccc1C(=O)N(NC(=O)OC(C)C)C(=O)OC(C)C. The minimum atomic E-state index is -0.978. The highest BCUT2D eigenvalue weighted by atomic mass is 16.6. The van der Waals surface area contributed by atoms with Crippen LogP contribution in [-0.4, -0.2) is 35.3 Å². The third-order valence-electron chi connectivity index (χ3n) is 2.64. The molecule has 1 N–H and O–H groups in total. The first-order valence-electron chi connectivity index (χ1n) is 7.30. The van der Waals surface area contributed by atoms with E-state index in [2.05, 4.69) is 5.43 Å². The number of ether oxygens (including phenoxy) is 2. The fourth-order valence-corrected chi connectivity index (χ4v) is 1.70. The second kappa shape index (κ2) is 8.17. The summed E-state index contributed by atoms with van der Waals surface area (Å²) >= 11 is 0. The molecule has 0 spiro atoms. The van der Waals surface area contributed by atoms with E-state index in [1.807, 2.05) is 0 Å². The molecule has 0 aliphatic carbocycles. The van der Waals surface area contributed by atoms with Crippen LogP contribution < -0.4 is 5.43 Å². The number of nitrogens with zero attached hydrogens (tertiary/aromatic N) is 1. The summed E-state index contributed by atoms with van der Waals surface area (Å²) in [6, 6.07) is 6.72. The average Bonchev–Trinajstić information content (AvgIpc) is 2.43. The van der Waals surface area contributed by atoms with Crippen LogP contribution in [0.3, 0.4) is 0 Å². The van der Waals surface area contributed by atoms with E-state index in [4.69, 9.17) is 9.47 Å². The van der Waals surface area contributed by atoms with Gasteiger partial charge in [-0.25, -0.2) is 15.0 Å². The number of carbonyl (C=O) groups excluding carboxylic acids is 3. The number of rotatable bonds is 3. The summed E-state index contributed by atoms with van der Waals surface area (Å²) in [5, 5.41) is 0.521. The second-order valence-electron chi connectivity index (χ2n) is 5.45. The molecular formula is C16H22N2O5. The van der Waals surface area contributed by atoms with Crippen molar-refractivity contribution in [3.8, 4) is 0 Å². The summed E-state index contributed by atoms with van der Waals surface area (Å²) in [7, 11) is 0. The van der Waals surface area contributed by atoms with Gasteiger partial charge in [0.25, 0.3) is 5.91 Å². The first kappa shape index (κ1) is 18.5. The molecule has 1 aromatic rings. The molecule has 0 bridgehead atoms. The molecule has 0 fully saturated rings. The monoisotopic (exact) mass is 322 g/mol. The van der Waals surface area contributed by atoms with E-state index in [0.717, 1.165) is 0 Å². The molecule has 7 nitrogen and oxygen atoms in total. The third-order valence-corrected chi connectivity index (χ3v) is 2.64. The molecule has 0 atom stereocenters. The number of aryl methyl sites for hydroxylation is 1. The lowest BCUT2D eigenvalue weighted by Gasteiger charge is -2.23. The van der Waals surface area contributed by atoms with E-state index < -0.39 is 30.3 Å². The van der Waals surface area contributed by atoms with Crippen LogP contribution in [0.5, 0.6) is 0 Å². The van der Waals surface area contributed by atoms with Crippen molar-refractivity contribution in [3.05, 3.63) is 35.4 Å². The zero-order chi connectivity index (χ0) is 17.6. The van der Waals surface area contributed by atoms with Crippen LogP contribution in [0.1, 0.15) is 43.6 Å². The van der Waals surface area contributed by atoms with E-state index >= 15 is 0 Å². The molecule has 7 heteroatoms. The Bertz CT molecular complexity index is 584. The standard InChI is InChI=1S/C16H22N2O5/c1-10(2)22-15(20)17-18(16(21)23-11(3)4)14(19)13-9-7-6-8-12(13)5/h6-11H,1-5H3,(H,17,20). The molecule has 0 aliphatic heterocycles. The zero-order valence-corrected chi connectivity index (χ0v) is 14.0. The summed E-state index contributed by atoms with van der Waals surface area (Å²) in [6.07, 6.45) is -2.74. The van der Waals surface area contributed by atoms with Crippen molar-refractivity contribution >= 4 is 18.1 Å². The Morgan fingerprint density at radius 1 is 1.00 bits per heavy atom. The van der Waals surface area contributed by atoms with E-state index in [-0.39, 0.29) is 5.56 Å². The quantitative estimate of drug-likeness (QED) is 0.865. The van der Waals surface area contributed by atoms with E-state index in [1.54, 1.807) is 58.9 Å². The number of hydrogen-bond acceptors (Lipinski definition) is 5. The lowest BCUT2D eigenvalue weighted by atomic mass is 10.1. The van der Waals surface area contributed by atoms with Crippen molar-refractivity contribution in [2.75, 3.05) is 0 Å². The van der Waals surface area contributed by atoms with E-state index in [1.165, 1.54) is 0 Å². The Hall–Kier alpha value is -2.57. The van der Waals surface area contributed by atoms with Crippen molar-refractivity contribution in [1.82, 2.24) is 10.4 Å². The maximum Gasteiger partial charge on any atom is 0.436 e. The second-order valence-corrected chi connectivity index (χ2v) is 5.45. The topological polar surface area (TPSA) is 84.9 Å². The predicted molar refractivity (Wildman–Crippen MR) is 83.7 cm³/mol. The van der Waals surface area contributed by atoms with Gasteiger partial charge in [0.2, 0.25) is 0 Å². The lowest BCUT2D eigenvalue weighted by Crippen LogP contribution is -2.51. The maximum atomic E-state index is 12.6. The number of amides is 3. The molecular weight excluding hydrogens is 300 g/mol. The van der Waals surface area contributed by atoms with E-state index in [9.17, 15) is 14.4 Å². The van der Waals surface area contributed by atoms with Gasteiger partial charge in [-0.15, -0.1) is 5.01 Å². The molecule has 0 aliphatic rings. The molecule has 1 aromatic carbocycles. The minimum Gasteiger partial charge on any atom is -0.446 e. The van der Waals surface area contributed by atoms with Crippen molar-refractivity contribution in [3.63, 3.8) is 0 Å². The van der Waals surface area contributed by atoms with Crippen molar-refractivity contribution in [1.29, 1.82) is 0 Å². The van der Waals surface area contributed by atoms with Gasteiger partial charge in [0.05, 0.1) is 12.2 Å². The van der Waals surface area contributed by atoms with Gasteiger partial charge in [-0.1, -0.05) is 18.2 Å². The van der Waals surface area contributed by atoms with Crippen LogP contribution in [0, 0.1) is 6.92 Å². The van der Waals surface area contributed by atoms with Gasteiger partial charge in [0.1, 0.15) is 0 Å². The Balaban J connectivity index is 3.03. The van der Waals surface area contributed by atoms with Gasteiger partial charge in [-0.2, -0.15) is 0 Å². The average molecular weight is 322 g/mol. The normalized spacial score (nSPS) is 10.4. The number of carbonyl (C=O) groups is 3. The molecule has 1 rings (SSSR count). The third kappa shape index (κ3) is 5.61. The highest BCUT2D eigenvalue weighted by molar-refractivity contribution is 6.04. The molecule has 0 unspecified atom stereocenters. The molecule has 0 saturated carbocycles. The summed E-state index contributed by atoms with van der Waals surface area (Å²) in [5.41, 5.74) is 3.07. The van der Waals surface area contributed by atoms with Gasteiger partial charge in [-0.05, 0) is 46.2 Å². The number of nitrogens with one attached hydrogen (secondary N) is 1. The first-order valence-corrected chi connectivity index (χ1v) is 7.30. The van der Waals surface area contributed by atoms with Crippen LogP contribution in [-0.2, 0) is 9.47 Å². The molecule has 23 heavy (non-hydrogen) atoms. The van der Waals surface area contributed by atoms with Gasteiger partial charge in [-0.3, -0.25) is 4.79 Å². The van der Waals surface area contributed by atoms with Gasteiger partial charge in [0, 0.05) is 5.56 Å². The molecule has 126 valence electrons. The van der Waals surface area contributed by atoms with Gasteiger partial charge < -0.3 is 9.47 Å². The molecule has 0 heterocycles. The molecule has 0 aromatic heterocycles. The highest BCUT2D eigenvalue weighted by Gasteiger charge is 2.28. The van der Waals surface area contributed by atoms with Gasteiger partial charge >= 0.3 is 12.2 Å². The fraction of sp³-hybridized carbons (Fsp3) is 0.438. The largest absolute Gasteiger partial charge is 0.446 e. The Morgan fingerprint density at radius 3 is 2.09 bits per heavy atom. The zero-order valence-electron chi connectivity index (χ0n) is 14.0. The summed E-state index contributed by atoms with van der Waals surface area (Å²) in [5.74, 6) is -0.700. The Morgan fingerprint density at radius 2 is 1.57 bits per heavy atom. The molecule has 0 saturated heterocycles. The van der Waals surface area contributed by atoms with Crippen LogP contribution in [0.15, 0.2) is 24.3 Å². The smallest absolute Gasteiger partial charge is 0.436 e. The number of hydrogen-bond donors (Lipinski definition) is 1. The summed E-state index contributed by atoms with van der Waals surface area (Å²) in [6.45, 7) is 8.31. The predicted octanol–water partition coefficient (Wildman–Crippen LogP) is 3.03. The maximum absolute atomic E-state index is 12.6.